The molecule has 5 heterocycles. The van der Waals surface area contributed by atoms with Crippen LogP contribution in [-0.4, -0.2) is 8.97 Å². The first kappa shape index (κ1) is 32.1. The molecule has 0 radical (unpaired) electrons. The van der Waals surface area contributed by atoms with Gasteiger partial charge in [-0.2, -0.15) is 5.26 Å². The summed E-state index contributed by atoms with van der Waals surface area (Å²) in [4.78, 5) is 0. The maximum Gasteiger partial charge on any atom is 0.195 e. The highest BCUT2D eigenvalue weighted by Crippen LogP contribution is 2.47. The third kappa shape index (κ3) is 3.82. The lowest BCUT2D eigenvalue weighted by atomic mass is 10.0. The fourth-order valence-electron chi connectivity index (χ4n) is 9.65. The second kappa shape index (κ2) is 11.1. The quantitative estimate of drug-likeness (QED) is 0.0926. The normalized spacial score (nSPS) is 12.5. The van der Waals surface area contributed by atoms with Crippen molar-refractivity contribution >= 4 is 134 Å². The van der Waals surface area contributed by atoms with Crippen molar-refractivity contribution < 1.29 is 17.6 Å². The molecule has 0 saturated heterocycles. The van der Waals surface area contributed by atoms with Crippen LogP contribution in [0.4, 0.5) is 17.6 Å². The molecule has 0 fully saturated rings. The van der Waals surface area contributed by atoms with E-state index >= 15 is 17.6 Å². The lowest BCUT2D eigenvalue weighted by Crippen LogP contribution is -2.02. The van der Waals surface area contributed by atoms with E-state index in [-0.39, 0.29) is 21.9 Å². The van der Waals surface area contributed by atoms with Crippen molar-refractivity contribution in [2.75, 3.05) is 0 Å². The molecule has 3 nitrogen and oxygen atoms in total. The molecule has 4 bridgehead atoms. The molecule has 8 aromatic carbocycles. The Balaban J connectivity index is 1.37. The molecular weight excluding hydrogens is 771 g/mol. The first-order valence-electron chi connectivity index (χ1n) is 18.6. The number of nitrogens with zero attached hydrogens (tertiary/aromatic N) is 3. The Morgan fingerprint density at radius 3 is 1.71 bits per heavy atom. The van der Waals surface area contributed by atoms with Crippen molar-refractivity contribution in [1.82, 2.24) is 8.97 Å². The summed E-state index contributed by atoms with van der Waals surface area (Å²) in [5, 5.41) is 17.7. The highest BCUT2D eigenvalue weighted by molar-refractivity contribution is 7.26. The molecule has 0 N–H and O–H groups in total. The maximum atomic E-state index is 17.1. The number of halogens is 4. The van der Waals surface area contributed by atoms with Gasteiger partial charge in [-0.1, -0.05) is 78.9 Å². The number of hydrogen-bond donors (Lipinski definition) is 0. The first-order valence-corrected chi connectivity index (χ1v) is 20.2. The third-order valence-electron chi connectivity index (χ3n) is 12.0. The fourth-order valence-corrected chi connectivity index (χ4v) is 11.9. The summed E-state index contributed by atoms with van der Waals surface area (Å²) in [6, 6.07) is 43.3. The molecule has 0 atom stereocenters. The summed E-state index contributed by atoms with van der Waals surface area (Å²) < 4.78 is 73.4. The van der Waals surface area contributed by atoms with Gasteiger partial charge in [0.25, 0.3) is 0 Å². The van der Waals surface area contributed by atoms with Crippen LogP contribution in [0.5, 0.6) is 0 Å². The number of benzene rings is 8. The van der Waals surface area contributed by atoms with Crippen LogP contribution in [0.2, 0.25) is 0 Å². The highest BCUT2D eigenvalue weighted by atomic mass is 32.1. The van der Waals surface area contributed by atoms with Gasteiger partial charge in [-0.15, -0.1) is 22.7 Å². The number of fused-ring (bicyclic) bond motifs is 21. The van der Waals surface area contributed by atoms with Crippen LogP contribution >= 0.6 is 22.7 Å². The van der Waals surface area contributed by atoms with Crippen molar-refractivity contribution in [2.24, 2.45) is 0 Å². The second-order valence-electron chi connectivity index (χ2n) is 14.8. The van der Waals surface area contributed by atoms with Crippen molar-refractivity contribution in [2.45, 2.75) is 0 Å². The van der Waals surface area contributed by atoms with Gasteiger partial charge >= 0.3 is 0 Å². The molecule has 9 heteroatoms. The van der Waals surface area contributed by atoms with Gasteiger partial charge in [-0.25, -0.2) is 17.6 Å². The number of thiophene rings is 2. The molecular formula is C49H21F4N3S2. The van der Waals surface area contributed by atoms with Gasteiger partial charge < -0.3 is 8.97 Å². The number of para-hydroxylation sites is 1. The molecule has 5 aromatic heterocycles. The minimum absolute atomic E-state index is 0.0544. The van der Waals surface area contributed by atoms with Gasteiger partial charge in [0.15, 0.2) is 17.5 Å². The van der Waals surface area contributed by atoms with E-state index < -0.39 is 34.0 Å². The predicted octanol–water partition coefficient (Wildman–Crippen LogP) is 14.8. The molecule has 0 saturated carbocycles. The van der Waals surface area contributed by atoms with Crippen LogP contribution in [0.25, 0.3) is 117 Å². The van der Waals surface area contributed by atoms with E-state index in [0.29, 0.717) is 11.2 Å². The van der Waals surface area contributed by atoms with Crippen molar-refractivity contribution in [3.8, 4) is 11.8 Å². The largest absolute Gasteiger partial charge is 0.307 e. The van der Waals surface area contributed by atoms with E-state index in [0.717, 1.165) is 78.4 Å². The Morgan fingerprint density at radius 1 is 0.431 bits per heavy atom. The summed E-state index contributed by atoms with van der Waals surface area (Å²) >= 11 is 3.31. The van der Waals surface area contributed by atoms with Crippen molar-refractivity contribution in [3.05, 3.63) is 156 Å². The zero-order valence-corrected chi connectivity index (χ0v) is 31.4. The number of nitriles is 1. The van der Waals surface area contributed by atoms with E-state index in [9.17, 15) is 5.26 Å². The Morgan fingerprint density at radius 2 is 1.00 bits per heavy atom. The van der Waals surface area contributed by atoms with Gasteiger partial charge in [0, 0.05) is 67.3 Å². The van der Waals surface area contributed by atoms with Crippen LogP contribution < -0.4 is 0 Å². The van der Waals surface area contributed by atoms with Crippen LogP contribution in [0.15, 0.2) is 127 Å². The summed E-state index contributed by atoms with van der Waals surface area (Å²) in [7, 11) is 0. The molecule has 0 unspecified atom stereocenters. The molecule has 13 aromatic rings. The molecule has 13 rings (SSSR count). The van der Waals surface area contributed by atoms with E-state index in [2.05, 4.69) is 53.1 Å². The number of hydrogen-bond acceptors (Lipinski definition) is 3. The maximum absolute atomic E-state index is 17.1. The molecule has 0 spiro atoms. The minimum atomic E-state index is -1.78. The van der Waals surface area contributed by atoms with E-state index in [1.807, 2.05) is 59.0 Å². The monoisotopic (exact) mass is 791 g/mol. The third-order valence-corrected chi connectivity index (χ3v) is 14.3. The van der Waals surface area contributed by atoms with E-state index in [4.69, 9.17) is 0 Å². The standard InChI is InChI=1S/C49H21F4N3S2/c50-43-39-23-13-14-25-27-17-20-38-41(29-9-3-6-12-36(29)58-38)49(27)56(34(25)21-23)47-30(42(43)45(52)46(53)44(39)51)15-18-33(31(47)22-54)55-32-10-4-1-7-24(32)26-16-19-37-40(48(26)55)28-8-2-5-11-35(28)57-37/h1-21H. The fraction of sp³-hybridized carbons (Fsp3) is 0. The molecule has 58 heavy (non-hydrogen) atoms. The van der Waals surface area contributed by atoms with Crippen molar-refractivity contribution in [1.29, 1.82) is 5.26 Å². The second-order valence-corrected chi connectivity index (χ2v) is 16.9. The van der Waals surface area contributed by atoms with Crippen LogP contribution in [-0.2, 0) is 0 Å². The first-order chi connectivity index (χ1) is 28.4. The molecule has 0 aliphatic carbocycles. The zero-order chi connectivity index (χ0) is 38.7. The highest BCUT2D eigenvalue weighted by Gasteiger charge is 2.28. The van der Waals surface area contributed by atoms with Crippen molar-refractivity contribution in [3.63, 3.8) is 0 Å². The van der Waals surface area contributed by atoms with Gasteiger partial charge in [-0.3, -0.25) is 0 Å². The van der Waals surface area contributed by atoms with E-state index in [1.54, 1.807) is 53.0 Å². The summed E-state index contributed by atoms with van der Waals surface area (Å²) in [6.45, 7) is 0. The molecule has 0 aliphatic heterocycles. The number of rotatable bonds is 1. The molecule has 0 amide bonds. The van der Waals surface area contributed by atoms with Crippen LogP contribution in [0.3, 0.4) is 0 Å². The van der Waals surface area contributed by atoms with E-state index in [1.165, 1.54) is 0 Å². The van der Waals surface area contributed by atoms with Gasteiger partial charge in [0.05, 0.1) is 44.0 Å². The van der Waals surface area contributed by atoms with Crippen LogP contribution in [0, 0.1) is 34.6 Å². The minimum Gasteiger partial charge on any atom is -0.307 e. The Bertz CT molecular complexity index is 4110. The predicted molar refractivity (Wildman–Crippen MR) is 232 cm³/mol. The molecule has 0 aliphatic rings. The summed E-state index contributed by atoms with van der Waals surface area (Å²) in [5.41, 5.74) is 3.76. The lowest BCUT2D eigenvalue weighted by molar-refractivity contribution is 0.451. The zero-order valence-electron chi connectivity index (χ0n) is 29.8. The van der Waals surface area contributed by atoms with Gasteiger partial charge in [0.2, 0.25) is 0 Å². The smallest absolute Gasteiger partial charge is 0.195 e. The van der Waals surface area contributed by atoms with Crippen LogP contribution in [0.1, 0.15) is 5.56 Å². The Labute approximate surface area is 332 Å². The topological polar surface area (TPSA) is 33.1 Å². The average Bonchev–Trinajstić information content (AvgIpc) is 4.00. The van der Waals surface area contributed by atoms with Gasteiger partial charge in [-0.05, 0) is 53.9 Å². The SMILES string of the molecule is N#Cc1c(-n2c3ccccc3c3ccc4sc5ccccc5c4c32)ccc2c3c(F)c(F)c(F)c(c3F)c3ccc4c5ccc6sc7ccccc7c6c5n(c4c3)c12. The Hall–Kier alpha value is -6.99. The van der Waals surface area contributed by atoms with Gasteiger partial charge in [0.1, 0.15) is 17.4 Å². The Kier molecular flexibility index (Phi) is 6.15. The number of aromatic nitrogens is 2. The summed E-state index contributed by atoms with van der Waals surface area (Å²) in [6.07, 6.45) is 0. The lowest BCUT2D eigenvalue weighted by Gasteiger charge is -2.15. The average molecular weight is 792 g/mol. The summed E-state index contributed by atoms with van der Waals surface area (Å²) in [5.74, 6) is -6.28. The molecule has 272 valence electrons.